The van der Waals surface area contributed by atoms with Gasteiger partial charge in [0, 0.05) is 41.1 Å². The van der Waals surface area contributed by atoms with Crippen molar-refractivity contribution in [3.8, 4) is 5.75 Å². The number of hydrogen-bond donors (Lipinski definition) is 2. The lowest BCUT2D eigenvalue weighted by Crippen LogP contribution is -2.35. The largest absolute Gasteiger partial charge is 0.490 e. The number of aromatic nitrogens is 1. The molecule has 0 saturated heterocycles. The van der Waals surface area contributed by atoms with Gasteiger partial charge in [0.05, 0.1) is 11.6 Å². The Hall–Kier alpha value is -3.37. The topological polar surface area (TPSA) is 46.2 Å². The summed E-state index contributed by atoms with van der Waals surface area (Å²) >= 11 is 0. The molecular formula is C29H31N3O. The predicted molar refractivity (Wildman–Crippen MR) is 136 cm³/mol. The van der Waals surface area contributed by atoms with Crippen LogP contribution in [0.3, 0.4) is 0 Å². The Bertz CT molecular complexity index is 1200. The minimum absolute atomic E-state index is 0.277. The van der Waals surface area contributed by atoms with Crippen molar-refractivity contribution >= 4 is 22.3 Å². The summed E-state index contributed by atoms with van der Waals surface area (Å²) in [6.07, 6.45) is 4.74. The summed E-state index contributed by atoms with van der Waals surface area (Å²) in [6.45, 7) is 2.97. The zero-order chi connectivity index (χ0) is 22.5. The number of anilines is 2. The molecule has 1 aliphatic carbocycles. The lowest BCUT2D eigenvalue weighted by atomic mass is 9.92. The van der Waals surface area contributed by atoms with Crippen LogP contribution in [-0.2, 0) is 6.54 Å². The molecule has 0 spiro atoms. The van der Waals surface area contributed by atoms with E-state index in [2.05, 4.69) is 94.5 Å². The number of benzene rings is 3. The van der Waals surface area contributed by atoms with Crippen molar-refractivity contribution in [2.75, 3.05) is 5.32 Å². The monoisotopic (exact) mass is 437 g/mol. The fraction of sp³-hybridized carbons (Fsp3) is 0.276. The van der Waals surface area contributed by atoms with Gasteiger partial charge in [-0.2, -0.15) is 0 Å². The Balaban J connectivity index is 1.18. The summed E-state index contributed by atoms with van der Waals surface area (Å²) in [4.78, 5) is 4.64. The van der Waals surface area contributed by atoms with E-state index >= 15 is 0 Å². The molecule has 0 unspecified atom stereocenters. The first kappa shape index (κ1) is 21.5. The molecule has 1 aliphatic rings. The third-order valence-electron chi connectivity index (χ3n) is 6.37. The normalized spacial score (nSPS) is 18.2. The molecule has 1 heterocycles. The first-order valence-corrected chi connectivity index (χ1v) is 11.9. The Morgan fingerprint density at radius 1 is 0.848 bits per heavy atom. The molecule has 0 radical (unpaired) electrons. The van der Waals surface area contributed by atoms with Crippen molar-refractivity contribution in [2.45, 2.75) is 51.3 Å². The van der Waals surface area contributed by atoms with Crippen LogP contribution < -0.4 is 15.4 Å². The number of ether oxygens (including phenoxy) is 1. The van der Waals surface area contributed by atoms with E-state index in [1.807, 2.05) is 13.0 Å². The van der Waals surface area contributed by atoms with Gasteiger partial charge >= 0.3 is 0 Å². The Kier molecular flexibility index (Phi) is 6.54. The number of aryl methyl sites for hydroxylation is 1. The molecule has 5 rings (SSSR count). The molecule has 33 heavy (non-hydrogen) atoms. The van der Waals surface area contributed by atoms with E-state index in [4.69, 9.17) is 4.74 Å². The Morgan fingerprint density at radius 2 is 1.64 bits per heavy atom. The summed E-state index contributed by atoms with van der Waals surface area (Å²) in [5, 5.41) is 8.40. The van der Waals surface area contributed by atoms with Crippen LogP contribution in [0.4, 0.5) is 11.4 Å². The van der Waals surface area contributed by atoms with Crippen LogP contribution in [0.2, 0.25) is 0 Å². The van der Waals surface area contributed by atoms with Gasteiger partial charge in [-0.15, -0.1) is 0 Å². The molecule has 3 aromatic carbocycles. The Labute approximate surface area is 196 Å². The first-order chi connectivity index (χ1) is 16.2. The lowest BCUT2D eigenvalue weighted by molar-refractivity contribution is 0.139. The summed E-state index contributed by atoms with van der Waals surface area (Å²) in [5.41, 5.74) is 5.45. The van der Waals surface area contributed by atoms with Crippen molar-refractivity contribution in [3.05, 3.63) is 96.2 Å². The number of hydrogen-bond acceptors (Lipinski definition) is 4. The summed E-state index contributed by atoms with van der Waals surface area (Å²) in [5.74, 6) is 0.927. The lowest BCUT2D eigenvalue weighted by Gasteiger charge is -2.29. The van der Waals surface area contributed by atoms with E-state index in [1.165, 1.54) is 5.56 Å². The molecular weight excluding hydrogens is 406 g/mol. The highest BCUT2D eigenvalue weighted by Gasteiger charge is 2.22. The quantitative estimate of drug-likeness (QED) is 0.335. The molecule has 4 aromatic rings. The molecule has 4 nitrogen and oxygen atoms in total. The van der Waals surface area contributed by atoms with Gasteiger partial charge in [-0.25, -0.2) is 0 Å². The van der Waals surface area contributed by atoms with Crippen LogP contribution in [0.15, 0.2) is 84.9 Å². The number of nitrogens with zero attached hydrogens (tertiary/aromatic N) is 1. The molecule has 1 aromatic heterocycles. The van der Waals surface area contributed by atoms with Crippen molar-refractivity contribution in [1.29, 1.82) is 0 Å². The van der Waals surface area contributed by atoms with Crippen molar-refractivity contribution in [2.24, 2.45) is 0 Å². The molecule has 1 saturated carbocycles. The third-order valence-corrected chi connectivity index (χ3v) is 6.37. The third kappa shape index (κ3) is 5.52. The summed E-state index contributed by atoms with van der Waals surface area (Å²) in [6, 6.07) is 29.8. The number of nitrogens with one attached hydrogen (secondary N) is 2. The highest BCUT2D eigenvalue weighted by atomic mass is 16.5. The van der Waals surface area contributed by atoms with Gasteiger partial charge in [0.15, 0.2) is 0 Å². The fourth-order valence-corrected chi connectivity index (χ4v) is 4.65. The second kappa shape index (κ2) is 10.1. The molecule has 2 N–H and O–H groups in total. The molecule has 1 fully saturated rings. The van der Waals surface area contributed by atoms with Crippen LogP contribution in [-0.4, -0.2) is 17.1 Å². The van der Waals surface area contributed by atoms with E-state index in [-0.39, 0.29) is 6.10 Å². The smallest absolute Gasteiger partial charge is 0.121 e. The maximum Gasteiger partial charge on any atom is 0.121 e. The van der Waals surface area contributed by atoms with E-state index < -0.39 is 0 Å². The van der Waals surface area contributed by atoms with Crippen LogP contribution >= 0.6 is 0 Å². The SMILES string of the molecule is Cc1cc(Nc2cccc(OC3CCC(NCc4ccccc4)CC3)c2)c2ccccc2n1. The number of pyridine rings is 1. The van der Waals surface area contributed by atoms with Gasteiger partial charge in [-0.05, 0) is 62.4 Å². The van der Waals surface area contributed by atoms with E-state index in [0.29, 0.717) is 6.04 Å². The van der Waals surface area contributed by atoms with Gasteiger partial charge in [0.2, 0.25) is 0 Å². The van der Waals surface area contributed by atoms with Crippen LogP contribution in [0.5, 0.6) is 5.75 Å². The predicted octanol–water partition coefficient (Wildman–Crippen LogP) is 6.77. The van der Waals surface area contributed by atoms with Gasteiger partial charge in [0.1, 0.15) is 5.75 Å². The number of para-hydroxylation sites is 1. The van der Waals surface area contributed by atoms with Crippen molar-refractivity contribution in [1.82, 2.24) is 10.3 Å². The second-order valence-electron chi connectivity index (χ2n) is 8.94. The standard InChI is InChI=1S/C29H31N3O/c1-21-18-29(27-12-5-6-13-28(27)31-21)32-24-10-7-11-26(19-24)33-25-16-14-23(15-17-25)30-20-22-8-3-2-4-9-22/h2-13,18-19,23,25,30H,14-17,20H2,1H3,(H,31,32). The molecule has 0 aliphatic heterocycles. The number of fused-ring (bicyclic) bond motifs is 1. The second-order valence-corrected chi connectivity index (χ2v) is 8.94. The minimum atomic E-state index is 0.277. The van der Waals surface area contributed by atoms with Gasteiger partial charge in [-0.3, -0.25) is 4.98 Å². The minimum Gasteiger partial charge on any atom is -0.490 e. The van der Waals surface area contributed by atoms with Crippen molar-refractivity contribution in [3.63, 3.8) is 0 Å². The zero-order valence-electron chi connectivity index (χ0n) is 19.1. The average Bonchev–Trinajstić information content (AvgIpc) is 2.84. The molecule has 0 atom stereocenters. The highest BCUT2D eigenvalue weighted by molar-refractivity contribution is 5.93. The van der Waals surface area contributed by atoms with E-state index in [1.54, 1.807) is 0 Å². The molecule has 0 bridgehead atoms. The van der Waals surface area contributed by atoms with E-state index in [9.17, 15) is 0 Å². The fourth-order valence-electron chi connectivity index (χ4n) is 4.65. The maximum absolute atomic E-state index is 6.38. The summed E-state index contributed by atoms with van der Waals surface area (Å²) in [7, 11) is 0. The summed E-state index contributed by atoms with van der Waals surface area (Å²) < 4.78 is 6.38. The molecule has 0 amide bonds. The maximum atomic E-state index is 6.38. The van der Waals surface area contributed by atoms with Gasteiger partial charge in [-0.1, -0.05) is 54.6 Å². The van der Waals surface area contributed by atoms with Crippen LogP contribution in [0.25, 0.3) is 10.9 Å². The average molecular weight is 438 g/mol. The number of rotatable bonds is 7. The molecule has 168 valence electrons. The van der Waals surface area contributed by atoms with E-state index in [0.717, 1.165) is 65.9 Å². The Morgan fingerprint density at radius 3 is 2.48 bits per heavy atom. The van der Waals surface area contributed by atoms with Crippen molar-refractivity contribution < 1.29 is 4.74 Å². The highest BCUT2D eigenvalue weighted by Crippen LogP contribution is 2.30. The van der Waals surface area contributed by atoms with Crippen LogP contribution in [0.1, 0.15) is 36.9 Å². The van der Waals surface area contributed by atoms with Gasteiger partial charge < -0.3 is 15.4 Å². The molecule has 4 heteroatoms. The first-order valence-electron chi connectivity index (χ1n) is 11.9. The van der Waals surface area contributed by atoms with Gasteiger partial charge in [0.25, 0.3) is 0 Å². The zero-order valence-corrected chi connectivity index (χ0v) is 19.1. The van der Waals surface area contributed by atoms with Crippen LogP contribution in [0, 0.1) is 6.92 Å².